The molecule has 2 atom stereocenters. The summed E-state index contributed by atoms with van der Waals surface area (Å²) in [5.41, 5.74) is 0.479. The average Bonchev–Trinajstić information content (AvgIpc) is 2.56. The third kappa shape index (κ3) is 3.77. The van der Waals surface area contributed by atoms with Crippen molar-refractivity contribution in [2.75, 3.05) is 25.2 Å². The highest BCUT2D eigenvalue weighted by molar-refractivity contribution is 7.98. The quantitative estimate of drug-likeness (QED) is 0.628. The first-order valence-corrected chi connectivity index (χ1v) is 9.44. The van der Waals surface area contributed by atoms with Crippen molar-refractivity contribution < 1.29 is 19.3 Å². The largest absolute Gasteiger partial charge is 0.628 e. The molecule has 1 aliphatic heterocycles. The van der Waals surface area contributed by atoms with E-state index in [4.69, 9.17) is 9.47 Å². The number of carbonyl (C=O) groups excluding carboxylic acids is 1. The predicted octanol–water partition coefficient (Wildman–Crippen LogP) is 2.09. The lowest BCUT2D eigenvalue weighted by atomic mass is 9.83. The Morgan fingerprint density at radius 2 is 2.08 bits per heavy atom. The first kappa shape index (κ1) is 18.8. The van der Waals surface area contributed by atoms with Gasteiger partial charge in [0.05, 0.1) is 12.4 Å². The van der Waals surface area contributed by atoms with Crippen LogP contribution in [-0.4, -0.2) is 37.2 Å². The first-order valence-electron chi connectivity index (χ1n) is 8.05. The van der Waals surface area contributed by atoms with Gasteiger partial charge in [0, 0.05) is 5.56 Å². The zero-order valence-electron chi connectivity index (χ0n) is 14.6. The molecule has 1 aromatic carbocycles. The minimum atomic E-state index is -0.933. The van der Waals surface area contributed by atoms with Gasteiger partial charge >= 0.3 is 5.97 Å². The van der Waals surface area contributed by atoms with E-state index < -0.39 is 11.5 Å². The van der Waals surface area contributed by atoms with Crippen LogP contribution in [0.5, 0.6) is 0 Å². The van der Waals surface area contributed by atoms with Gasteiger partial charge in [0.2, 0.25) is 0 Å². The van der Waals surface area contributed by atoms with E-state index in [0.29, 0.717) is 23.8 Å². The predicted molar refractivity (Wildman–Crippen MR) is 96.2 cm³/mol. The molecule has 132 valence electrons. The highest BCUT2D eigenvalue weighted by atomic mass is 32.2. The molecular weight excluding hydrogens is 326 g/mol. The molecule has 0 saturated carbocycles. The summed E-state index contributed by atoms with van der Waals surface area (Å²) in [5, 5.41) is 13.2. The van der Waals surface area contributed by atoms with Crippen molar-refractivity contribution in [3.05, 3.63) is 46.9 Å². The van der Waals surface area contributed by atoms with Gasteiger partial charge in [0.15, 0.2) is 11.5 Å². The lowest BCUT2D eigenvalue weighted by molar-refractivity contribution is -0.814. The maximum atomic E-state index is 13.2. The Labute approximate surface area is 147 Å². The maximum absolute atomic E-state index is 13.2. The van der Waals surface area contributed by atoms with Crippen molar-refractivity contribution in [2.24, 2.45) is 5.41 Å². The smallest absolute Gasteiger partial charge is 0.317 e. The van der Waals surface area contributed by atoms with Crippen LogP contribution in [-0.2, 0) is 14.3 Å². The van der Waals surface area contributed by atoms with Crippen LogP contribution in [0.15, 0.2) is 36.1 Å². The number of rotatable bonds is 6. The molecule has 0 aliphatic carbocycles. The number of thioether (sulfide) groups is 1. The Morgan fingerprint density at radius 1 is 1.42 bits per heavy atom. The van der Waals surface area contributed by atoms with E-state index >= 15 is 0 Å². The number of hydroxylamine groups is 2. The molecule has 2 rings (SSSR count). The molecule has 1 aliphatic rings. The van der Waals surface area contributed by atoms with E-state index in [1.54, 1.807) is 32.5 Å². The summed E-state index contributed by atoms with van der Waals surface area (Å²) >= 11 is 1.61. The lowest BCUT2D eigenvalue weighted by Crippen LogP contribution is -3.12. The second kappa shape index (κ2) is 8.05. The number of esters is 1. The molecule has 0 fully saturated rings. The van der Waals surface area contributed by atoms with E-state index in [-0.39, 0.29) is 17.6 Å². The number of ether oxygens (including phenoxy) is 2. The second-order valence-corrected chi connectivity index (χ2v) is 7.13. The Morgan fingerprint density at radius 3 is 2.67 bits per heavy atom. The van der Waals surface area contributed by atoms with Crippen molar-refractivity contribution in [2.45, 2.75) is 26.8 Å². The van der Waals surface area contributed by atoms with Gasteiger partial charge in [-0.1, -0.05) is 18.2 Å². The van der Waals surface area contributed by atoms with E-state index in [0.717, 1.165) is 5.56 Å². The molecule has 0 spiro atoms. The van der Waals surface area contributed by atoms with Crippen molar-refractivity contribution in [1.82, 2.24) is 0 Å². The van der Waals surface area contributed by atoms with Crippen LogP contribution in [0.2, 0.25) is 0 Å². The number of carbonyl (C=O) groups is 1. The van der Waals surface area contributed by atoms with Crippen molar-refractivity contribution in [3.8, 4) is 0 Å². The van der Waals surface area contributed by atoms with E-state index in [1.165, 1.54) is 0 Å². The molecule has 24 heavy (non-hydrogen) atoms. The van der Waals surface area contributed by atoms with Crippen LogP contribution in [0, 0.1) is 10.6 Å². The zero-order chi connectivity index (χ0) is 17.7. The Hall–Kier alpha value is -1.50. The minimum absolute atomic E-state index is 0.0467. The summed E-state index contributed by atoms with van der Waals surface area (Å²) in [4.78, 5) is 12.3. The van der Waals surface area contributed by atoms with Gasteiger partial charge in [-0.05, 0) is 39.2 Å². The van der Waals surface area contributed by atoms with Crippen LogP contribution < -0.4 is 5.06 Å². The first-order chi connectivity index (χ1) is 11.4. The normalized spacial score (nSPS) is 21.4. The molecule has 1 N–H and O–H groups in total. The number of quaternary nitrogens is 1. The SMILES string of the molecule is CCOC(=O)C(C)(C)C1COC(CSC)=C(c2ccccc2)[NH+]1[O-]. The Kier molecular flexibility index (Phi) is 6.32. The Bertz CT molecular complexity index is 600. The van der Waals surface area contributed by atoms with Crippen LogP contribution >= 0.6 is 11.8 Å². The summed E-state index contributed by atoms with van der Waals surface area (Å²) in [6.07, 6.45) is 1.97. The molecule has 0 amide bonds. The number of benzene rings is 1. The molecular formula is C18H25NO4S. The van der Waals surface area contributed by atoms with Gasteiger partial charge in [0.1, 0.15) is 18.1 Å². The summed E-state index contributed by atoms with van der Waals surface area (Å²) in [6, 6.07) is 8.94. The molecule has 0 saturated heterocycles. The van der Waals surface area contributed by atoms with Gasteiger partial charge in [-0.2, -0.15) is 11.8 Å². The fraction of sp³-hybridized carbons (Fsp3) is 0.500. The average molecular weight is 351 g/mol. The molecule has 1 heterocycles. The van der Waals surface area contributed by atoms with Crippen LogP contribution in [0.4, 0.5) is 0 Å². The lowest BCUT2D eigenvalue weighted by Gasteiger charge is -2.43. The number of hydrogen-bond acceptors (Lipinski definition) is 5. The maximum Gasteiger partial charge on any atom is 0.317 e. The molecule has 0 bridgehead atoms. The van der Waals surface area contributed by atoms with Gasteiger partial charge in [0.25, 0.3) is 0 Å². The van der Waals surface area contributed by atoms with Gasteiger partial charge < -0.3 is 19.7 Å². The summed E-state index contributed by atoms with van der Waals surface area (Å²) in [6.45, 7) is 5.76. The summed E-state index contributed by atoms with van der Waals surface area (Å²) < 4.78 is 11.1. The van der Waals surface area contributed by atoms with Crippen LogP contribution in [0.1, 0.15) is 26.3 Å². The van der Waals surface area contributed by atoms with Crippen LogP contribution in [0.25, 0.3) is 5.70 Å². The van der Waals surface area contributed by atoms with Crippen LogP contribution in [0.3, 0.4) is 0 Å². The van der Waals surface area contributed by atoms with E-state index in [2.05, 4.69) is 0 Å². The zero-order valence-corrected chi connectivity index (χ0v) is 15.4. The summed E-state index contributed by atoms with van der Waals surface area (Å²) in [5.74, 6) is 0.949. The van der Waals surface area contributed by atoms with Crippen molar-refractivity contribution in [3.63, 3.8) is 0 Å². The molecule has 2 unspecified atom stereocenters. The third-order valence-corrected chi connectivity index (χ3v) is 4.83. The van der Waals surface area contributed by atoms with Gasteiger partial charge in [-0.3, -0.25) is 4.79 Å². The number of nitrogens with one attached hydrogen (secondary N) is 1. The molecule has 0 radical (unpaired) electrons. The highest BCUT2D eigenvalue weighted by Gasteiger charge is 2.47. The highest BCUT2D eigenvalue weighted by Crippen LogP contribution is 2.28. The fourth-order valence-electron chi connectivity index (χ4n) is 2.79. The molecule has 5 nitrogen and oxygen atoms in total. The van der Waals surface area contributed by atoms with E-state index in [1.807, 2.05) is 36.6 Å². The standard InChI is InChI=1S/C18H25NO4S/c1-5-22-17(20)18(2,3)15-11-23-14(12-24-4)16(19(15)21)13-9-7-6-8-10-13/h6-10,15,19H,5,11-12H2,1-4H3. The summed E-state index contributed by atoms with van der Waals surface area (Å²) in [7, 11) is 0. The molecule has 6 heteroatoms. The Balaban J connectivity index is 2.40. The second-order valence-electron chi connectivity index (χ2n) is 6.27. The van der Waals surface area contributed by atoms with E-state index in [9.17, 15) is 10.0 Å². The molecule has 1 aromatic rings. The van der Waals surface area contributed by atoms with Crippen molar-refractivity contribution >= 4 is 23.4 Å². The third-order valence-electron chi connectivity index (χ3n) is 4.28. The molecule has 0 aromatic heterocycles. The van der Waals surface area contributed by atoms with Gasteiger partial charge in [-0.25, -0.2) is 0 Å². The van der Waals surface area contributed by atoms with Gasteiger partial charge in [-0.15, -0.1) is 0 Å². The fourth-order valence-corrected chi connectivity index (χ4v) is 3.28. The van der Waals surface area contributed by atoms with Crippen molar-refractivity contribution in [1.29, 1.82) is 0 Å². The monoisotopic (exact) mass is 351 g/mol. The minimum Gasteiger partial charge on any atom is -0.628 e. The topological polar surface area (TPSA) is 63.0 Å². The number of hydrogen-bond donors (Lipinski definition) is 1.